The lowest BCUT2D eigenvalue weighted by Gasteiger charge is -2.46. The average molecular weight is 563 g/mol. The third-order valence-corrected chi connectivity index (χ3v) is 9.55. The largest absolute Gasteiger partial charge is 0.507 e. The maximum Gasteiger partial charge on any atom is 0.238 e. The van der Waals surface area contributed by atoms with Crippen molar-refractivity contribution >= 4 is 39.6 Å². The molecule has 4 aromatic rings. The highest BCUT2D eigenvalue weighted by Gasteiger charge is 2.67. The predicted octanol–water partition coefficient (Wildman–Crippen LogP) is 6.54. The van der Waals surface area contributed by atoms with Gasteiger partial charge in [0.1, 0.15) is 5.75 Å². The second-order valence-electron chi connectivity index (χ2n) is 12.2. The monoisotopic (exact) mass is 562 g/mol. The van der Waals surface area contributed by atoms with Crippen LogP contribution in [0.2, 0.25) is 0 Å². The number of nitrogens with one attached hydrogen (secondary N) is 1. The predicted molar refractivity (Wildman–Crippen MR) is 161 cm³/mol. The summed E-state index contributed by atoms with van der Waals surface area (Å²) in [5.74, 6) is -3.86. The molecule has 2 heterocycles. The van der Waals surface area contributed by atoms with Crippen LogP contribution in [0.3, 0.4) is 0 Å². The standard InChI is InChI=1S/C35H34N2O5/c1-20(2)28-18-27-32(29-19-31(42-35(28,29)41)26-16-17-30(38)25-11-7-6-10-24(25)26)34(40)37(33(27)39)23-14-12-22(13-15-23)36-21-8-4-3-5-9-21/h3-17,20,27-29,31-32,36,38,41H,18-19H2,1-2H3/t27-,28+,29-,31-,32-,35+/m0/s1. The van der Waals surface area contributed by atoms with Gasteiger partial charge in [0, 0.05) is 28.6 Å². The molecule has 1 aliphatic carbocycles. The number of phenolic OH excluding ortho intramolecular Hbond substituents is 1. The van der Waals surface area contributed by atoms with E-state index in [9.17, 15) is 19.8 Å². The third kappa shape index (κ3) is 4.10. The number of nitrogens with zero attached hydrogens (tertiary/aromatic N) is 1. The Bertz CT molecular complexity index is 1670. The number of carbonyl (C=O) groups excluding carboxylic acids is 2. The van der Waals surface area contributed by atoms with E-state index in [0.717, 1.165) is 22.3 Å². The van der Waals surface area contributed by atoms with Crippen LogP contribution in [0.15, 0.2) is 91.0 Å². The van der Waals surface area contributed by atoms with Gasteiger partial charge in [-0.2, -0.15) is 0 Å². The van der Waals surface area contributed by atoms with Gasteiger partial charge in [0.2, 0.25) is 11.8 Å². The zero-order valence-electron chi connectivity index (χ0n) is 23.6. The van der Waals surface area contributed by atoms with Crippen LogP contribution in [0.4, 0.5) is 17.1 Å². The molecule has 3 N–H and O–H groups in total. The Morgan fingerprint density at radius 2 is 1.50 bits per heavy atom. The highest BCUT2D eigenvalue weighted by atomic mass is 16.6. The summed E-state index contributed by atoms with van der Waals surface area (Å²) < 4.78 is 6.55. The van der Waals surface area contributed by atoms with E-state index in [1.54, 1.807) is 18.2 Å². The van der Waals surface area contributed by atoms with E-state index in [0.29, 0.717) is 23.9 Å². The molecule has 2 saturated heterocycles. The molecule has 3 fully saturated rings. The fourth-order valence-corrected chi connectivity index (χ4v) is 7.58. The van der Waals surface area contributed by atoms with Crippen LogP contribution in [0.25, 0.3) is 10.8 Å². The second kappa shape index (κ2) is 9.96. The maximum absolute atomic E-state index is 14.1. The number of hydrogen-bond donors (Lipinski definition) is 3. The smallest absolute Gasteiger partial charge is 0.238 e. The van der Waals surface area contributed by atoms with E-state index in [2.05, 4.69) is 5.32 Å². The van der Waals surface area contributed by atoms with Gasteiger partial charge in [-0.1, -0.05) is 62.4 Å². The summed E-state index contributed by atoms with van der Waals surface area (Å²) >= 11 is 0. The van der Waals surface area contributed by atoms with Gasteiger partial charge in [-0.3, -0.25) is 14.5 Å². The molecule has 0 spiro atoms. The number of carbonyl (C=O) groups is 2. The Labute approximate surface area is 244 Å². The van der Waals surface area contributed by atoms with Gasteiger partial charge < -0.3 is 20.3 Å². The Balaban J connectivity index is 1.21. The van der Waals surface area contributed by atoms with Gasteiger partial charge in [-0.05, 0) is 72.2 Å². The fraction of sp³-hybridized carbons (Fsp3) is 0.314. The molecule has 42 heavy (non-hydrogen) atoms. The number of para-hydroxylation sites is 1. The van der Waals surface area contributed by atoms with E-state index < -0.39 is 29.6 Å². The van der Waals surface area contributed by atoms with Crippen molar-refractivity contribution in [2.24, 2.45) is 29.6 Å². The first kappa shape index (κ1) is 26.7. The Kier molecular flexibility index (Phi) is 6.33. The molecule has 2 aliphatic heterocycles. The first-order valence-electron chi connectivity index (χ1n) is 14.7. The number of imide groups is 1. The first-order valence-corrected chi connectivity index (χ1v) is 14.7. The van der Waals surface area contributed by atoms with Crippen LogP contribution in [0, 0.1) is 29.6 Å². The van der Waals surface area contributed by atoms with Crippen molar-refractivity contribution < 1.29 is 24.5 Å². The van der Waals surface area contributed by atoms with Crippen molar-refractivity contribution in [2.75, 3.05) is 10.2 Å². The third-order valence-electron chi connectivity index (χ3n) is 9.55. The van der Waals surface area contributed by atoms with E-state index in [-0.39, 0.29) is 29.4 Å². The van der Waals surface area contributed by atoms with Crippen molar-refractivity contribution in [1.82, 2.24) is 0 Å². The Morgan fingerprint density at radius 3 is 2.21 bits per heavy atom. The number of phenols is 1. The molecule has 1 saturated carbocycles. The topological polar surface area (TPSA) is 99.1 Å². The van der Waals surface area contributed by atoms with Crippen LogP contribution < -0.4 is 10.2 Å². The number of ether oxygens (including phenoxy) is 1. The Hall–Kier alpha value is -4.20. The van der Waals surface area contributed by atoms with Crippen molar-refractivity contribution in [3.8, 4) is 5.75 Å². The van der Waals surface area contributed by atoms with E-state index in [1.165, 1.54) is 4.90 Å². The number of aromatic hydroxyl groups is 1. The summed E-state index contributed by atoms with van der Waals surface area (Å²) in [6.45, 7) is 4.06. The van der Waals surface area contributed by atoms with Crippen molar-refractivity contribution in [2.45, 2.75) is 38.6 Å². The second-order valence-corrected chi connectivity index (χ2v) is 12.2. The summed E-state index contributed by atoms with van der Waals surface area (Å²) in [5, 5.41) is 27.6. The molecule has 2 amide bonds. The molecule has 7 rings (SSSR count). The molecule has 0 radical (unpaired) electrons. The van der Waals surface area contributed by atoms with Gasteiger partial charge in [-0.15, -0.1) is 0 Å². The molecule has 7 nitrogen and oxygen atoms in total. The molecule has 0 unspecified atom stereocenters. The molecule has 6 atom stereocenters. The van der Waals surface area contributed by atoms with Crippen molar-refractivity contribution in [1.29, 1.82) is 0 Å². The quantitative estimate of drug-likeness (QED) is 0.239. The lowest BCUT2D eigenvalue weighted by Crippen LogP contribution is -2.55. The first-order chi connectivity index (χ1) is 20.3. The lowest BCUT2D eigenvalue weighted by atomic mass is 9.62. The van der Waals surface area contributed by atoms with Gasteiger partial charge in [-0.25, -0.2) is 0 Å². The lowest BCUT2D eigenvalue weighted by molar-refractivity contribution is -0.276. The SMILES string of the molecule is CC(C)[C@H]1C[C@@H]2C(=O)N(c3ccc(Nc4ccccc4)cc3)C(=O)[C@@H]2[C@@H]2C[C@@H](c3ccc(O)c4ccccc34)O[C@]12O. The van der Waals surface area contributed by atoms with E-state index in [4.69, 9.17) is 4.74 Å². The minimum absolute atomic E-state index is 0.0362. The minimum Gasteiger partial charge on any atom is -0.507 e. The van der Waals surface area contributed by atoms with Crippen LogP contribution >= 0.6 is 0 Å². The Morgan fingerprint density at radius 1 is 0.833 bits per heavy atom. The van der Waals surface area contributed by atoms with Gasteiger partial charge in [0.05, 0.1) is 23.6 Å². The summed E-state index contributed by atoms with van der Waals surface area (Å²) in [4.78, 5) is 29.3. The minimum atomic E-state index is -1.55. The van der Waals surface area contributed by atoms with Crippen LogP contribution in [0.1, 0.15) is 38.4 Å². The van der Waals surface area contributed by atoms with Gasteiger partial charge >= 0.3 is 0 Å². The van der Waals surface area contributed by atoms with Crippen LogP contribution in [-0.4, -0.2) is 27.8 Å². The summed E-state index contributed by atoms with van der Waals surface area (Å²) in [6, 6.07) is 28.2. The number of benzene rings is 4. The van der Waals surface area contributed by atoms with Crippen LogP contribution in [0.5, 0.6) is 5.75 Å². The highest BCUT2D eigenvalue weighted by molar-refractivity contribution is 6.22. The normalized spacial score (nSPS) is 28.8. The number of anilines is 3. The van der Waals surface area contributed by atoms with E-state index >= 15 is 0 Å². The van der Waals surface area contributed by atoms with E-state index in [1.807, 2.05) is 86.6 Å². The summed E-state index contributed by atoms with van der Waals surface area (Å²) in [5.41, 5.74) is 3.19. The van der Waals surface area contributed by atoms with Crippen molar-refractivity contribution in [3.63, 3.8) is 0 Å². The number of aliphatic hydroxyl groups is 1. The van der Waals surface area contributed by atoms with Gasteiger partial charge in [0.15, 0.2) is 5.79 Å². The number of rotatable bonds is 5. The zero-order chi connectivity index (χ0) is 29.2. The average Bonchev–Trinajstić information content (AvgIpc) is 3.47. The molecule has 0 aromatic heterocycles. The molecular formula is C35H34N2O5. The molecule has 0 bridgehead atoms. The zero-order valence-corrected chi connectivity index (χ0v) is 23.6. The van der Waals surface area contributed by atoms with Crippen molar-refractivity contribution in [3.05, 3.63) is 96.6 Å². The molecule has 214 valence electrons. The molecule has 7 heteroatoms. The van der Waals surface area contributed by atoms with Gasteiger partial charge in [0.25, 0.3) is 0 Å². The highest BCUT2D eigenvalue weighted by Crippen LogP contribution is 2.60. The molecular weight excluding hydrogens is 528 g/mol. The molecule has 3 aliphatic rings. The van der Waals surface area contributed by atoms with Crippen LogP contribution in [-0.2, 0) is 14.3 Å². The maximum atomic E-state index is 14.1. The number of hydrogen-bond acceptors (Lipinski definition) is 6. The number of fused-ring (bicyclic) bond motifs is 4. The molecule has 4 aromatic carbocycles. The summed E-state index contributed by atoms with van der Waals surface area (Å²) in [6.07, 6.45) is 0.307. The summed E-state index contributed by atoms with van der Waals surface area (Å²) in [7, 11) is 0. The fourth-order valence-electron chi connectivity index (χ4n) is 7.58. The number of amides is 2.